The second kappa shape index (κ2) is 6.63. The number of amides is 1. The fourth-order valence-electron chi connectivity index (χ4n) is 3.54. The van der Waals surface area contributed by atoms with Crippen molar-refractivity contribution >= 4 is 11.9 Å². The first-order valence-corrected chi connectivity index (χ1v) is 8.53. The lowest BCUT2D eigenvalue weighted by Gasteiger charge is -2.28. The first-order chi connectivity index (χ1) is 13.3. The maximum absolute atomic E-state index is 14.4. The van der Waals surface area contributed by atoms with Crippen LogP contribution in [-0.2, 0) is 6.42 Å². The molecule has 8 heteroatoms. The number of carbonyl (C=O) groups excluding carboxylic acids is 1. The highest BCUT2D eigenvalue weighted by molar-refractivity contribution is 5.98. The summed E-state index contributed by atoms with van der Waals surface area (Å²) in [6.07, 6.45) is 0.254. The molecule has 28 heavy (non-hydrogen) atoms. The summed E-state index contributed by atoms with van der Waals surface area (Å²) in [5.74, 6) is -3.09. The molecule has 2 aromatic carbocycles. The largest absolute Gasteiger partial charge is 0.368 e. The zero-order valence-electron chi connectivity index (χ0n) is 14.8. The Hall–Kier alpha value is -3.42. The number of nitrogens with one attached hydrogen (secondary N) is 1. The van der Waals surface area contributed by atoms with Gasteiger partial charge in [0.05, 0.1) is 23.0 Å². The zero-order chi connectivity index (χ0) is 20.0. The van der Waals surface area contributed by atoms with E-state index in [1.165, 1.54) is 24.3 Å². The lowest BCUT2D eigenvalue weighted by molar-refractivity contribution is 0.0922. The van der Waals surface area contributed by atoms with Gasteiger partial charge in [0.25, 0.3) is 5.91 Å². The lowest BCUT2D eigenvalue weighted by atomic mass is 9.88. The van der Waals surface area contributed by atoms with Crippen molar-refractivity contribution < 1.29 is 18.0 Å². The maximum atomic E-state index is 14.4. The van der Waals surface area contributed by atoms with Crippen LogP contribution in [0.4, 0.5) is 19.1 Å². The molecule has 5 nitrogen and oxygen atoms in total. The van der Waals surface area contributed by atoms with E-state index in [0.29, 0.717) is 22.5 Å². The quantitative estimate of drug-likeness (QED) is 0.709. The number of nitrogen functional groups attached to an aromatic ring is 1. The van der Waals surface area contributed by atoms with E-state index in [2.05, 4.69) is 15.3 Å². The Morgan fingerprint density at radius 3 is 2.68 bits per heavy atom. The molecule has 1 unspecified atom stereocenters. The van der Waals surface area contributed by atoms with Crippen LogP contribution in [-0.4, -0.2) is 15.9 Å². The van der Waals surface area contributed by atoms with E-state index in [1.807, 2.05) is 0 Å². The number of rotatable bonds is 2. The molecule has 0 aliphatic carbocycles. The maximum Gasteiger partial charge on any atom is 0.255 e. The average Bonchev–Trinajstić information content (AvgIpc) is 2.63. The van der Waals surface area contributed by atoms with E-state index in [9.17, 15) is 18.0 Å². The summed E-state index contributed by atoms with van der Waals surface area (Å²) in [6.45, 7) is 1.65. The minimum absolute atomic E-state index is 0.0419. The van der Waals surface area contributed by atoms with Gasteiger partial charge < -0.3 is 11.1 Å². The first kappa shape index (κ1) is 18.0. The second-order valence-electron chi connectivity index (χ2n) is 6.55. The van der Waals surface area contributed by atoms with Crippen LogP contribution in [0.25, 0.3) is 11.1 Å². The number of anilines is 1. The molecule has 1 atom stereocenters. The number of halogens is 3. The van der Waals surface area contributed by atoms with Crippen LogP contribution in [0.2, 0.25) is 0 Å². The summed E-state index contributed by atoms with van der Waals surface area (Å²) in [4.78, 5) is 20.7. The summed E-state index contributed by atoms with van der Waals surface area (Å²) >= 11 is 0. The number of hydrogen-bond acceptors (Lipinski definition) is 4. The summed E-state index contributed by atoms with van der Waals surface area (Å²) in [5.41, 5.74) is 7.45. The van der Waals surface area contributed by atoms with Crippen molar-refractivity contribution in [2.45, 2.75) is 19.4 Å². The standard InChI is InChI=1S/C20H15F3N4O/c1-9-17-16(27-20(24)25-9)8-15(26-19(17)28)11-6-5-10(21)7-13(11)12-3-2-4-14(22)18(12)23/h2-7,15H,8H2,1H3,(H,26,28)(H2,24,25,27). The van der Waals surface area contributed by atoms with Crippen LogP contribution >= 0.6 is 0 Å². The monoisotopic (exact) mass is 384 g/mol. The van der Waals surface area contributed by atoms with Gasteiger partial charge in [0.15, 0.2) is 11.6 Å². The average molecular weight is 384 g/mol. The van der Waals surface area contributed by atoms with Crippen LogP contribution in [0.3, 0.4) is 0 Å². The van der Waals surface area contributed by atoms with E-state index in [0.717, 1.165) is 12.1 Å². The summed E-state index contributed by atoms with van der Waals surface area (Å²) in [6, 6.07) is 6.84. The van der Waals surface area contributed by atoms with Gasteiger partial charge >= 0.3 is 0 Å². The number of hydrogen-bond donors (Lipinski definition) is 2. The molecular formula is C20H15F3N4O. The smallest absolute Gasteiger partial charge is 0.255 e. The third-order valence-electron chi connectivity index (χ3n) is 4.74. The number of carbonyl (C=O) groups is 1. The molecule has 3 aromatic rings. The second-order valence-corrected chi connectivity index (χ2v) is 6.55. The molecule has 0 saturated carbocycles. The summed E-state index contributed by atoms with van der Waals surface area (Å²) in [7, 11) is 0. The molecule has 142 valence electrons. The molecule has 1 aliphatic rings. The number of aryl methyl sites for hydroxylation is 1. The van der Waals surface area contributed by atoms with Crippen LogP contribution in [0.15, 0.2) is 36.4 Å². The van der Waals surface area contributed by atoms with Crippen molar-refractivity contribution in [3.8, 4) is 11.1 Å². The van der Waals surface area contributed by atoms with Gasteiger partial charge in [0.1, 0.15) is 5.82 Å². The Bertz CT molecular complexity index is 1120. The van der Waals surface area contributed by atoms with Crippen molar-refractivity contribution in [2.75, 3.05) is 5.73 Å². The SMILES string of the molecule is Cc1nc(N)nc2c1C(=O)NC(c1ccc(F)cc1-c1cccc(F)c1F)C2. The highest BCUT2D eigenvalue weighted by atomic mass is 19.2. The lowest BCUT2D eigenvalue weighted by Crippen LogP contribution is -2.37. The molecular weight excluding hydrogens is 369 g/mol. The molecule has 0 fully saturated rings. The van der Waals surface area contributed by atoms with Crippen LogP contribution < -0.4 is 11.1 Å². The highest BCUT2D eigenvalue weighted by Gasteiger charge is 2.31. The Balaban J connectivity index is 1.85. The van der Waals surface area contributed by atoms with E-state index < -0.39 is 29.4 Å². The van der Waals surface area contributed by atoms with E-state index >= 15 is 0 Å². The van der Waals surface area contributed by atoms with Gasteiger partial charge in [-0.1, -0.05) is 18.2 Å². The number of aromatic nitrogens is 2. The molecule has 0 saturated heterocycles. The molecule has 0 radical (unpaired) electrons. The Labute approximate surface area is 158 Å². The van der Waals surface area contributed by atoms with Crippen LogP contribution in [0, 0.1) is 24.4 Å². The predicted octanol–water partition coefficient (Wildman–Crippen LogP) is 3.48. The molecule has 0 bridgehead atoms. The molecule has 1 aliphatic heterocycles. The zero-order valence-corrected chi connectivity index (χ0v) is 14.8. The Morgan fingerprint density at radius 2 is 1.89 bits per heavy atom. The van der Waals surface area contributed by atoms with Crippen molar-refractivity contribution in [1.29, 1.82) is 0 Å². The van der Waals surface area contributed by atoms with Gasteiger partial charge in [-0.05, 0) is 36.2 Å². The fourth-order valence-corrected chi connectivity index (χ4v) is 3.54. The third kappa shape index (κ3) is 2.96. The van der Waals surface area contributed by atoms with Crippen molar-refractivity contribution in [1.82, 2.24) is 15.3 Å². The molecule has 1 aromatic heterocycles. The van der Waals surface area contributed by atoms with Crippen molar-refractivity contribution in [2.24, 2.45) is 0 Å². The first-order valence-electron chi connectivity index (χ1n) is 8.53. The predicted molar refractivity (Wildman–Crippen MR) is 96.8 cm³/mol. The van der Waals surface area contributed by atoms with Crippen LogP contribution in [0.5, 0.6) is 0 Å². The minimum atomic E-state index is -1.08. The van der Waals surface area contributed by atoms with E-state index in [4.69, 9.17) is 5.73 Å². The molecule has 1 amide bonds. The van der Waals surface area contributed by atoms with Gasteiger partial charge in [-0.3, -0.25) is 4.79 Å². The van der Waals surface area contributed by atoms with Gasteiger partial charge in [-0.2, -0.15) is 0 Å². The van der Waals surface area contributed by atoms with Crippen molar-refractivity contribution in [3.63, 3.8) is 0 Å². The normalized spacial score (nSPS) is 15.9. The highest BCUT2D eigenvalue weighted by Crippen LogP contribution is 2.35. The van der Waals surface area contributed by atoms with Crippen molar-refractivity contribution in [3.05, 3.63) is 76.4 Å². The number of nitrogens with zero attached hydrogens (tertiary/aromatic N) is 2. The van der Waals surface area contributed by atoms with E-state index in [-0.39, 0.29) is 23.5 Å². The van der Waals surface area contributed by atoms with E-state index in [1.54, 1.807) is 6.92 Å². The van der Waals surface area contributed by atoms with Crippen LogP contribution in [0.1, 0.15) is 33.4 Å². The molecule has 3 N–H and O–H groups in total. The van der Waals surface area contributed by atoms with Gasteiger partial charge in [0.2, 0.25) is 5.95 Å². The fraction of sp³-hybridized carbons (Fsp3) is 0.150. The van der Waals surface area contributed by atoms with Gasteiger partial charge in [0, 0.05) is 12.0 Å². The summed E-state index contributed by atoms with van der Waals surface area (Å²) in [5, 5.41) is 2.81. The molecule has 4 rings (SSSR count). The third-order valence-corrected chi connectivity index (χ3v) is 4.74. The number of nitrogens with two attached hydrogens (primary N) is 1. The molecule has 2 heterocycles. The molecule has 0 spiro atoms. The summed E-state index contributed by atoms with van der Waals surface area (Å²) < 4.78 is 42.0. The van der Waals surface area contributed by atoms with Gasteiger partial charge in [-0.25, -0.2) is 23.1 Å². The Kier molecular flexibility index (Phi) is 4.26. The Morgan fingerprint density at radius 1 is 1.11 bits per heavy atom. The minimum Gasteiger partial charge on any atom is -0.368 e. The number of fused-ring (bicyclic) bond motifs is 1. The number of benzene rings is 2. The van der Waals surface area contributed by atoms with Gasteiger partial charge in [-0.15, -0.1) is 0 Å². The topological polar surface area (TPSA) is 80.9 Å².